The molecule has 0 spiro atoms. The van der Waals surface area contributed by atoms with Crippen molar-refractivity contribution in [1.82, 2.24) is 4.90 Å². The number of aliphatic carboxylic acids is 1. The highest BCUT2D eigenvalue weighted by Gasteiger charge is 2.16. The number of ether oxygens (including phenoxy) is 1. The molecule has 1 aromatic carbocycles. The first-order valence-corrected chi connectivity index (χ1v) is 6.55. The van der Waals surface area contributed by atoms with Crippen LogP contribution in [0.15, 0.2) is 24.3 Å². The Bertz CT molecular complexity index is 400. The van der Waals surface area contributed by atoms with Crippen LogP contribution in [0.3, 0.4) is 0 Å². The fourth-order valence-electron chi connectivity index (χ4n) is 1.57. The van der Waals surface area contributed by atoms with E-state index in [-0.39, 0.29) is 0 Å². The Morgan fingerprint density at radius 2 is 1.84 bits per heavy atom. The lowest BCUT2D eigenvalue weighted by Crippen LogP contribution is -2.35. The predicted octanol–water partition coefficient (Wildman–Crippen LogP) is 2.63. The number of carbonyl (C=O) groups is 1. The number of benzene rings is 1. The highest BCUT2D eigenvalue weighted by Crippen LogP contribution is 2.15. The lowest BCUT2D eigenvalue weighted by atomic mass is 10.2. The van der Waals surface area contributed by atoms with Gasteiger partial charge in [-0.1, -0.05) is 26.0 Å². The van der Waals surface area contributed by atoms with Gasteiger partial charge < -0.3 is 9.84 Å². The lowest BCUT2D eigenvalue weighted by Gasteiger charge is -2.21. The van der Waals surface area contributed by atoms with Gasteiger partial charge in [0, 0.05) is 6.54 Å². The van der Waals surface area contributed by atoms with Crippen LogP contribution in [0, 0.1) is 5.92 Å². The minimum absolute atomic E-state index is 0.489. The fraction of sp³-hybridized carbons (Fsp3) is 0.533. The highest BCUT2D eigenvalue weighted by atomic mass is 16.5. The molecule has 0 aliphatic carbocycles. The monoisotopic (exact) mass is 265 g/mol. The fourth-order valence-corrected chi connectivity index (χ4v) is 1.57. The molecule has 19 heavy (non-hydrogen) atoms. The molecule has 0 saturated heterocycles. The molecule has 0 aromatic heterocycles. The van der Waals surface area contributed by atoms with Gasteiger partial charge in [-0.15, -0.1) is 0 Å². The van der Waals surface area contributed by atoms with E-state index in [4.69, 9.17) is 9.84 Å². The summed E-state index contributed by atoms with van der Waals surface area (Å²) < 4.78 is 5.61. The quantitative estimate of drug-likeness (QED) is 0.823. The van der Waals surface area contributed by atoms with Crippen LogP contribution in [0.2, 0.25) is 0 Å². The summed E-state index contributed by atoms with van der Waals surface area (Å²) in [6.45, 7) is 7.21. The summed E-state index contributed by atoms with van der Waals surface area (Å²) in [4.78, 5) is 12.7. The Kier molecular flexibility index (Phi) is 5.83. The number of carboxylic acid groups (broad SMARTS) is 1. The van der Waals surface area contributed by atoms with Gasteiger partial charge in [0.05, 0.1) is 6.61 Å². The van der Waals surface area contributed by atoms with Crippen molar-refractivity contribution in [2.24, 2.45) is 5.92 Å². The van der Waals surface area contributed by atoms with Crippen molar-refractivity contribution in [3.8, 4) is 5.75 Å². The van der Waals surface area contributed by atoms with E-state index in [1.807, 2.05) is 31.3 Å². The first kappa shape index (κ1) is 15.5. The van der Waals surface area contributed by atoms with Gasteiger partial charge in [-0.05, 0) is 37.6 Å². The summed E-state index contributed by atoms with van der Waals surface area (Å²) in [5.74, 6) is 0.549. The molecule has 0 saturated carbocycles. The van der Waals surface area contributed by atoms with E-state index < -0.39 is 12.0 Å². The average molecular weight is 265 g/mol. The second-order valence-electron chi connectivity index (χ2n) is 5.28. The first-order valence-electron chi connectivity index (χ1n) is 6.55. The minimum atomic E-state index is -0.806. The maximum atomic E-state index is 10.9. The van der Waals surface area contributed by atoms with E-state index in [9.17, 15) is 4.79 Å². The molecule has 0 bridgehead atoms. The molecule has 4 heteroatoms. The smallest absolute Gasteiger partial charge is 0.320 e. The SMILES string of the molecule is CC(C)COc1ccc(CN(C)C(C)C(=O)O)cc1. The molecule has 0 heterocycles. The second kappa shape index (κ2) is 7.14. The van der Waals surface area contributed by atoms with Crippen LogP contribution in [-0.2, 0) is 11.3 Å². The van der Waals surface area contributed by atoms with Crippen LogP contribution in [0.4, 0.5) is 0 Å². The summed E-state index contributed by atoms with van der Waals surface area (Å²) in [6.07, 6.45) is 0. The van der Waals surface area contributed by atoms with Crippen molar-refractivity contribution < 1.29 is 14.6 Å². The summed E-state index contributed by atoms with van der Waals surface area (Å²) in [6, 6.07) is 7.31. The molecule has 1 unspecified atom stereocenters. The molecule has 1 aromatic rings. The van der Waals surface area contributed by atoms with E-state index in [0.717, 1.165) is 11.3 Å². The standard InChI is InChI=1S/C15H23NO3/c1-11(2)10-19-14-7-5-13(6-8-14)9-16(4)12(3)15(17)18/h5-8,11-12H,9-10H2,1-4H3,(H,17,18). The van der Waals surface area contributed by atoms with Gasteiger partial charge in [0.2, 0.25) is 0 Å². The van der Waals surface area contributed by atoms with E-state index >= 15 is 0 Å². The van der Waals surface area contributed by atoms with Crippen molar-refractivity contribution in [3.63, 3.8) is 0 Å². The van der Waals surface area contributed by atoms with Crippen LogP contribution in [0.5, 0.6) is 5.75 Å². The predicted molar refractivity (Wildman–Crippen MR) is 75.3 cm³/mol. The summed E-state index contributed by atoms with van der Waals surface area (Å²) in [5, 5.41) is 8.93. The van der Waals surface area contributed by atoms with Gasteiger partial charge in [0.25, 0.3) is 0 Å². The van der Waals surface area contributed by atoms with E-state index in [2.05, 4.69) is 13.8 Å². The summed E-state index contributed by atoms with van der Waals surface area (Å²) in [5.41, 5.74) is 1.08. The molecule has 0 aliphatic rings. The third kappa shape index (κ3) is 5.30. The van der Waals surface area contributed by atoms with Crippen LogP contribution < -0.4 is 4.74 Å². The number of hydrogen-bond acceptors (Lipinski definition) is 3. The van der Waals surface area contributed by atoms with Crippen molar-refractivity contribution in [1.29, 1.82) is 0 Å². The Hall–Kier alpha value is -1.55. The Labute approximate surface area is 115 Å². The topological polar surface area (TPSA) is 49.8 Å². The van der Waals surface area contributed by atoms with Gasteiger partial charge in [-0.3, -0.25) is 9.69 Å². The summed E-state index contributed by atoms with van der Waals surface area (Å²) >= 11 is 0. The van der Waals surface area contributed by atoms with Crippen LogP contribution in [-0.4, -0.2) is 35.7 Å². The van der Waals surface area contributed by atoms with Crippen molar-refractivity contribution >= 4 is 5.97 Å². The van der Waals surface area contributed by atoms with E-state index in [1.165, 1.54) is 0 Å². The zero-order valence-electron chi connectivity index (χ0n) is 12.1. The van der Waals surface area contributed by atoms with Crippen LogP contribution in [0.25, 0.3) is 0 Å². The molecule has 0 fully saturated rings. The van der Waals surface area contributed by atoms with Gasteiger partial charge in [0.1, 0.15) is 11.8 Å². The molecule has 1 N–H and O–H groups in total. The maximum absolute atomic E-state index is 10.9. The van der Waals surface area contributed by atoms with Crippen molar-refractivity contribution in [2.45, 2.75) is 33.4 Å². The zero-order chi connectivity index (χ0) is 14.4. The molecular formula is C15H23NO3. The minimum Gasteiger partial charge on any atom is -0.493 e. The van der Waals surface area contributed by atoms with E-state index in [1.54, 1.807) is 11.8 Å². The van der Waals surface area contributed by atoms with Crippen molar-refractivity contribution in [2.75, 3.05) is 13.7 Å². The van der Waals surface area contributed by atoms with Crippen LogP contribution in [0.1, 0.15) is 26.3 Å². The summed E-state index contributed by atoms with van der Waals surface area (Å²) in [7, 11) is 1.81. The Morgan fingerprint density at radius 1 is 1.26 bits per heavy atom. The lowest BCUT2D eigenvalue weighted by molar-refractivity contribution is -0.142. The number of carboxylic acids is 1. The number of nitrogens with zero attached hydrogens (tertiary/aromatic N) is 1. The van der Waals surface area contributed by atoms with Crippen molar-refractivity contribution in [3.05, 3.63) is 29.8 Å². The van der Waals surface area contributed by atoms with Gasteiger partial charge in [-0.2, -0.15) is 0 Å². The van der Waals surface area contributed by atoms with Gasteiger partial charge in [-0.25, -0.2) is 0 Å². The number of likely N-dealkylation sites (N-methyl/N-ethyl adjacent to an activating group) is 1. The Morgan fingerprint density at radius 3 is 2.32 bits per heavy atom. The number of rotatable bonds is 7. The molecule has 1 atom stereocenters. The normalized spacial score (nSPS) is 12.7. The second-order valence-corrected chi connectivity index (χ2v) is 5.28. The molecule has 0 aliphatic heterocycles. The third-order valence-electron chi connectivity index (χ3n) is 2.96. The average Bonchev–Trinajstić information content (AvgIpc) is 2.36. The molecule has 106 valence electrons. The third-order valence-corrected chi connectivity index (χ3v) is 2.96. The molecule has 4 nitrogen and oxygen atoms in total. The zero-order valence-corrected chi connectivity index (χ0v) is 12.1. The molecule has 1 rings (SSSR count). The molecule has 0 radical (unpaired) electrons. The van der Waals surface area contributed by atoms with Gasteiger partial charge in [0.15, 0.2) is 0 Å². The maximum Gasteiger partial charge on any atom is 0.320 e. The largest absolute Gasteiger partial charge is 0.493 e. The molecule has 0 amide bonds. The van der Waals surface area contributed by atoms with Gasteiger partial charge >= 0.3 is 5.97 Å². The number of hydrogen-bond donors (Lipinski definition) is 1. The molecular weight excluding hydrogens is 242 g/mol. The highest BCUT2D eigenvalue weighted by molar-refractivity contribution is 5.72. The van der Waals surface area contributed by atoms with Crippen LogP contribution >= 0.6 is 0 Å². The first-order chi connectivity index (χ1) is 8.90. The Balaban J connectivity index is 2.54. The van der Waals surface area contributed by atoms with E-state index in [0.29, 0.717) is 19.1 Å².